The molecular weight excluding hydrogens is 216 g/mol. The van der Waals surface area contributed by atoms with Crippen molar-refractivity contribution in [3.63, 3.8) is 0 Å². The van der Waals surface area contributed by atoms with Crippen LogP contribution in [0.15, 0.2) is 12.3 Å². The first-order valence-corrected chi connectivity index (χ1v) is 6.06. The van der Waals surface area contributed by atoms with Crippen molar-refractivity contribution in [1.29, 1.82) is 0 Å². The van der Waals surface area contributed by atoms with Crippen LogP contribution in [-0.2, 0) is 18.3 Å². The summed E-state index contributed by atoms with van der Waals surface area (Å²) >= 11 is 0. The van der Waals surface area contributed by atoms with Crippen LogP contribution in [0.4, 0.5) is 0 Å². The summed E-state index contributed by atoms with van der Waals surface area (Å²) in [5.41, 5.74) is 1.08. The first kappa shape index (κ1) is 13.7. The van der Waals surface area contributed by atoms with Crippen LogP contribution in [0.1, 0.15) is 26.0 Å². The molecule has 0 aromatic carbocycles. The van der Waals surface area contributed by atoms with Gasteiger partial charge in [0.05, 0.1) is 5.69 Å². The zero-order valence-electron chi connectivity index (χ0n) is 10.9. The van der Waals surface area contributed by atoms with Gasteiger partial charge in [0.2, 0.25) is 5.91 Å². The molecule has 0 aliphatic heterocycles. The van der Waals surface area contributed by atoms with E-state index in [4.69, 9.17) is 0 Å². The van der Waals surface area contributed by atoms with E-state index in [9.17, 15) is 4.79 Å². The molecule has 0 unspecified atom stereocenters. The molecule has 96 valence electrons. The molecular formula is C12H22N4O. The Morgan fingerprint density at radius 3 is 2.82 bits per heavy atom. The largest absolute Gasteiger partial charge is 0.354 e. The number of hydrogen-bond donors (Lipinski definition) is 2. The van der Waals surface area contributed by atoms with E-state index in [-0.39, 0.29) is 11.9 Å². The van der Waals surface area contributed by atoms with Crippen LogP contribution in [0, 0.1) is 0 Å². The second-order valence-electron chi connectivity index (χ2n) is 4.45. The van der Waals surface area contributed by atoms with Crippen LogP contribution in [-0.4, -0.2) is 34.8 Å². The molecule has 1 rings (SSSR count). The second-order valence-corrected chi connectivity index (χ2v) is 4.45. The molecule has 0 fully saturated rings. The quantitative estimate of drug-likeness (QED) is 0.679. The highest BCUT2D eigenvalue weighted by atomic mass is 16.1. The number of nitrogens with zero attached hydrogens (tertiary/aromatic N) is 2. The minimum Gasteiger partial charge on any atom is -0.354 e. The number of carbonyl (C=O) groups is 1. The molecule has 0 atom stereocenters. The van der Waals surface area contributed by atoms with E-state index in [1.54, 1.807) is 4.68 Å². The summed E-state index contributed by atoms with van der Waals surface area (Å²) in [4.78, 5) is 11.3. The Hall–Kier alpha value is -1.36. The van der Waals surface area contributed by atoms with E-state index in [2.05, 4.69) is 15.7 Å². The fourth-order valence-electron chi connectivity index (χ4n) is 1.53. The lowest BCUT2D eigenvalue weighted by Gasteiger charge is -2.08. The van der Waals surface area contributed by atoms with Crippen molar-refractivity contribution in [2.45, 2.75) is 32.7 Å². The van der Waals surface area contributed by atoms with E-state index in [1.165, 1.54) is 0 Å². The smallest absolute Gasteiger partial charge is 0.221 e. The SMILES string of the molecule is CC(C)NC(=O)CCNCCc1ccn(C)n1. The third kappa shape index (κ3) is 6.06. The van der Waals surface area contributed by atoms with Gasteiger partial charge in [-0.2, -0.15) is 5.10 Å². The number of amides is 1. The van der Waals surface area contributed by atoms with Crippen molar-refractivity contribution < 1.29 is 4.79 Å². The predicted molar refractivity (Wildman–Crippen MR) is 67.7 cm³/mol. The van der Waals surface area contributed by atoms with E-state index >= 15 is 0 Å². The van der Waals surface area contributed by atoms with Crippen molar-refractivity contribution in [3.8, 4) is 0 Å². The number of hydrogen-bond acceptors (Lipinski definition) is 3. The van der Waals surface area contributed by atoms with Crippen LogP contribution >= 0.6 is 0 Å². The van der Waals surface area contributed by atoms with Gasteiger partial charge in [0.1, 0.15) is 0 Å². The summed E-state index contributed by atoms with van der Waals surface area (Å²) in [7, 11) is 1.91. The zero-order valence-corrected chi connectivity index (χ0v) is 10.9. The van der Waals surface area contributed by atoms with Gasteiger partial charge in [-0.25, -0.2) is 0 Å². The fraction of sp³-hybridized carbons (Fsp3) is 0.667. The third-order valence-corrected chi connectivity index (χ3v) is 2.31. The summed E-state index contributed by atoms with van der Waals surface area (Å²) in [5, 5.41) is 10.4. The Labute approximate surface area is 103 Å². The summed E-state index contributed by atoms with van der Waals surface area (Å²) in [6.45, 7) is 5.50. The first-order chi connectivity index (χ1) is 8.08. The van der Waals surface area contributed by atoms with Crippen molar-refractivity contribution in [2.24, 2.45) is 7.05 Å². The third-order valence-electron chi connectivity index (χ3n) is 2.31. The molecule has 0 bridgehead atoms. The highest BCUT2D eigenvalue weighted by Gasteiger charge is 2.02. The van der Waals surface area contributed by atoms with Crippen LogP contribution in [0.2, 0.25) is 0 Å². The Morgan fingerprint density at radius 2 is 2.24 bits per heavy atom. The fourth-order valence-corrected chi connectivity index (χ4v) is 1.53. The first-order valence-electron chi connectivity index (χ1n) is 6.06. The van der Waals surface area contributed by atoms with Crippen LogP contribution in [0.25, 0.3) is 0 Å². The number of carbonyl (C=O) groups excluding carboxylic acids is 1. The van der Waals surface area contributed by atoms with Gasteiger partial charge in [-0.05, 0) is 19.9 Å². The van der Waals surface area contributed by atoms with E-state index in [0.717, 1.165) is 18.7 Å². The number of nitrogens with one attached hydrogen (secondary N) is 2. The van der Waals surface area contributed by atoms with Gasteiger partial charge in [-0.3, -0.25) is 9.48 Å². The van der Waals surface area contributed by atoms with Crippen molar-refractivity contribution in [1.82, 2.24) is 20.4 Å². The van der Waals surface area contributed by atoms with Crippen LogP contribution in [0.3, 0.4) is 0 Å². The molecule has 0 aliphatic rings. The minimum atomic E-state index is 0.102. The molecule has 1 aromatic rings. The van der Waals surface area contributed by atoms with Gasteiger partial charge in [-0.1, -0.05) is 0 Å². The number of aromatic nitrogens is 2. The number of aryl methyl sites for hydroxylation is 1. The average Bonchev–Trinajstić information content (AvgIpc) is 2.62. The van der Waals surface area contributed by atoms with Crippen LogP contribution in [0.5, 0.6) is 0 Å². The standard InChI is InChI=1S/C12H22N4O/c1-10(2)14-12(17)5-8-13-7-4-11-6-9-16(3)15-11/h6,9-10,13H,4-5,7-8H2,1-3H3,(H,14,17). The van der Waals surface area contributed by atoms with E-state index in [1.807, 2.05) is 33.2 Å². The molecule has 17 heavy (non-hydrogen) atoms. The van der Waals surface area contributed by atoms with Crippen molar-refractivity contribution in [2.75, 3.05) is 13.1 Å². The monoisotopic (exact) mass is 238 g/mol. The lowest BCUT2D eigenvalue weighted by atomic mass is 10.3. The average molecular weight is 238 g/mol. The Bertz CT molecular complexity index is 346. The molecule has 0 saturated carbocycles. The highest BCUT2D eigenvalue weighted by Crippen LogP contribution is 1.93. The van der Waals surface area contributed by atoms with Crippen molar-refractivity contribution in [3.05, 3.63) is 18.0 Å². The second kappa shape index (κ2) is 7.06. The summed E-state index contributed by atoms with van der Waals surface area (Å²) in [6.07, 6.45) is 3.36. The number of rotatable bonds is 7. The van der Waals surface area contributed by atoms with E-state index < -0.39 is 0 Å². The Kier molecular flexibility index (Phi) is 5.69. The van der Waals surface area contributed by atoms with Crippen LogP contribution < -0.4 is 10.6 Å². The lowest BCUT2D eigenvalue weighted by Crippen LogP contribution is -2.32. The maximum atomic E-state index is 11.3. The molecule has 1 amide bonds. The molecule has 1 aromatic heterocycles. The summed E-state index contributed by atoms with van der Waals surface area (Å²) < 4.78 is 1.80. The minimum absolute atomic E-state index is 0.102. The summed E-state index contributed by atoms with van der Waals surface area (Å²) in [6, 6.07) is 2.23. The maximum absolute atomic E-state index is 11.3. The van der Waals surface area contributed by atoms with Gasteiger partial charge in [0.15, 0.2) is 0 Å². The molecule has 0 saturated heterocycles. The molecule has 1 heterocycles. The van der Waals surface area contributed by atoms with Crippen molar-refractivity contribution >= 4 is 5.91 Å². The molecule has 2 N–H and O–H groups in total. The van der Waals surface area contributed by atoms with Gasteiger partial charge in [-0.15, -0.1) is 0 Å². The molecule has 5 heteroatoms. The van der Waals surface area contributed by atoms with Gasteiger partial charge in [0, 0.05) is 45.2 Å². The lowest BCUT2D eigenvalue weighted by molar-refractivity contribution is -0.121. The summed E-state index contributed by atoms with van der Waals surface area (Å²) in [5.74, 6) is 0.102. The van der Waals surface area contributed by atoms with Gasteiger partial charge >= 0.3 is 0 Å². The highest BCUT2D eigenvalue weighted by molar-refractivity contribution is 5.76. The molecule has 0 aliphatic carbocycles. The zero-order chi connectivity index (χ0) is 12.7. The molecule has 0 radical (unpaired) electrons. The molecule has 0 spiro atoms. The van der Waals surface area contributed by atoms with Gasteiger partial charge < -0.3 is 10.6 Å². The maximum Gasteiger partial charge on any atom is 0.221 e. The topological polar surface area (TPSA) is 59.0 Å². The Balaban J connectivity index is 2.03. The predicted octanol–water partition coefficient (Wildman–Crippen LogP) is 0.467. The molecule has 5 nitrogen and oxygen atoms in total. The van der Waals surface area contributed by atoms with Gasteiger partial charge in [0.25, 0.3) is 0 Å². The Morgan fingerprint density at radius 1 is 1.47 bits per heavy atom. The normalized spacial score (nSPS) is 10.8. The van der Waals surface area contributed by atoms with E-state index in [0.29, 0.717) is 13.0 Å².